The number of carbonyl (C=O) groups excluding carboxylic acids is 1. The molecular weight excluding hydrogens is 414 g/mol. The maximum absolute atomic E-state index is 12.2. The quantitative estimate of drug-likeness (QED) is 0.481. The van der Waals surface area contributed by atoms with E-state index < -0.39 is 0 Å². The van der Waals surface area contributed by atoms with Crippen LogP contribution in [0.2, 0.25) is 0 Å². The zero-order valence-electron chi connectivity index (χ0n) is 19.0. The summed E-state index contributed by atoms with van der Waals surface area (Å²) in [5.41, 5.74) is 4.66. The number of anilines is 2. The minimum absolute atomic E-state index is 0.0691. The number of aromatic nitrogens is 5. The maximum Gasteiger partial charge on any atom is 0.219 e. The third-order valence-electron chi connectivity index (χ3n) is 6.33. The standard InChI is InChI=1S/C25H27N7O/c1-15-5-4-6-19(9-15)28-24-10-22(20-11-26-13-23-21(20)12-27-31-23)29-25(30-24)18-8-7-16(2)32(14-18)17(3)33/h4-6,9-13,16,18H,7-8,14H2,1-3H3,(H,27,31)(H,28,29,30)/t16-,18+/m0/s1. The zero-order chi connectivity index (χ0) is 22.9. The number of H-pyrrole nitrogens is 1. The molecule has 3 aromatic heterocycles. The number of likely N-dealkylation sites (tertiary alicyclic amines) is 1. The summed E-state index contributed by atoms with van der Waals surface area (Å²) in [4.78, 5) is 28.3. The lowest BCUT2D eigenvalue weighted by Crippen LogP contribution is -2.44. The second-order valence-electron chi connectivity index (χ2n) is 8.80. The van der Waals surface area contributed by atoms with Crippen molar-refractivity contribution in [3.8, 4) is 11.3 Å². The molecule has 0 radical (unpaired) electrons. The van der Waals surface area contributed by atoms with Gasteiger partial charge < -0.3 is 10.2 Å². The van der Waals surface area contributed by atoms with Crippen molar-refractivity contribution >= 4 is 28.3 Å². The van der Waals surface area contributed by atoms with E-state index in [1.165, 1.54) is 5.56 Å². The van der Waals surface area contributed by atoms with Crippen molar-refractivity contribution in [2.75, 3.05) is 11.9 Å². The first kappa shape index (κ1) is 21.1. The number of nitrogens with zero attached hydrogens (tertiary/aromatic N) is 5. The van der Waals surface area contributed by atoms with E-state index in [1.807, 2.05) is 29.3 Å². The molecule has 0 unspecified atom stereocenters. The molecule has 1 amide bonds. The Morgan fingerprint density at radius 3 is 2.85 bits per heavy atom. The first-order chi connectivity index (χ1) is 16.0. The largest absolute Gasteiger partial charge is 0.340 e. The third-order valence-corrected chi connectivity index (χ3v) is 6.33. The fourth-order valence-electron chi connectivity index (χ4n) is 4.55. The van der Waals surface area contributed by atoms with Crippen molar-refractivity contribution in [1.29, 1.82) is 0 Å². The Morgan fingerprint density at radius 2 is 2.03 bits per heavy atom. The Hall–Kier alpha value is -3.81. The fraction of sp³-hybridized carbons (Fsp3) is 0.320. The third kappa shape index (κ3) is 4.28. The molecule has 8 nitrogen and oxygen atoms in total. The van der Waals surface area contributed by atoms with Crippen LogP contribution in [0.15, 0.2) is 48.9 Å². The normalized spacial score (nSPS) is 18.5. The van der Waals surface area contributed by atoms with Gasteiger partial charge in [0.2, 0.25) is 5.91 Å². The van der Waals surface area contributed by atoms with Gasteiger partial charge in [-0.2, -0.15) is 5.10 Å². The average Bonchev–Trinajstić information content (AvgIpc) is 3.28. The Labute approximate surface area is 192 Å². The predicted octanol–water partition coefficient (Wildman–Crippen LogP) is 4.58. The van der Waals surface area contributed by atoms with Gasteiger partial charge in [-0.3, -0.25) is 14.9 Å². The minimum Gasteiger partial charge on any atom is -0.340 e. The van der Waals surface area contributed by atoms with Gasteiger partial charge in [-0.15, -0.1) is 0 Å². The van der Waals surface area contributed by atoms with Crippen LogP contribution < -0.4 is 5.32 Å². The van der Waals surface area contributed by atoms with Crippen LogP contribution in [0.25, 0.3) is 22.2 Å². The van der Waals surface area contributed by atoms with Crippen LogP contribution in [0, 0.1) is 6.92 Å². The summed E-state index contributed by atoms with van der Waals surface area (Å²) in [6.07, 6.45) is 7.23. The van der Waals surface area contributed by atoms with Gasteiger partial charge in [-0.1, -0.05) is 12.1 Å². The number of piperidine rings is 1. The van der Waals surface area contributed by atoms with Crippen LogP contribution in [-0.2, 0) is 4.79 Å². The topological polar surface area (TPSA) is 99.7 Å². The summed E-state index contributed by atoms with van der Waals surface area (Å²) in [6.45, 7) is 6.42. The molecule has 1 aromatic carbocycles. The van der Waals surface area contributed by atoms with Crippen LogP contribution in [0.5, 0.6) is 0 Å². The number of amides is 1. The Bertz CT molecular complexity index is 1320. The summed E-state index contributed by atoms with van der Waals surface area (Å²) in [5, 5.41) is 11.5. The molecule has 4 heterocycles. The van der Waals surface area contributed by atoms with Gasteiger partial charge in [-0.05, 0) is 44.4 Å². The smallest absolute Gasteiger partial charge is 0.219 e. The Morgan fingerprint density at radius 1 is 1.15 bits per heavy atom. The van der Waals surface area contributed by atoms with Crippen LogP contribution in [0.1, 0.15) is 44.0 Å². The van der Waals surface area contributed by atoms with E-state index in [1.54, 1.807) is 19.3 Å². The highest BCUT2D eigenvalue weighted by Crippen LogP contribution is 2.33. The number of aryl methyl sites for hydroxylation is 1. The van der Waals surface area contributed by atoms with E-state index in [2.05, 4.69) is 46.5 Å². The molecule has 8 heteroatoms. The van der Waals surface area contributed by atoms with Crippen molar-refractivity contribution in [2.45, 2.75) is 45.6 Å². The molecule has 1 aliphatic heterocycles. The molecule has 0 bridgehead atoms. The van der Waals surface area contributed by atoms with Gasteiger partial charge in [0.15, 0.2) is 0 Å². The highest BCUT2D eigenvalue weighted by atomic mass is 16.2. The molecule has 168 valence electrons. The summed E-state index contributed by atoms with van der Waals surface area (Å²) >= 11 is 0. The molecule has 1 aliphatic rings. The van der Waals surface area contributed by atoms with Gasteiger partial charge in [0.05, 0.1) is 23.6 Å². The van der Waals surface area contributed by atoms with Crippen molar-refractivity contribution < 1.29 is 4.79 Å². The predicted molar refractivity (Wildman–Crippen MR) is 128 cm³/mol. The maximum atomic E-state index is 12.2. The first-order valence-corrected chi connectivity index (χ1v) is 11.3. The zero-order valence-corrected chi connectivity index (χ0v) is 19.0. The van der Waals surface area contributed by atoms with Gasteiger partial charge >= 0.3 is 0 Å². The van der Waals surface area contributed by atoms with Crippen molar-refractivity contribution in [3.05, 3.63) is 60.3 Å². The second kappa shape index (κ2) is 8.61. The average molecular weight is 442 g/mol. The van der Waals surface area contributed by atoms with Crippen LogP contribution in [0.4, 0.5) is 11.5 Å². The number of rotatable bonds is 4. The minimum atomic E-state index is 0.0691. The van der Waals surface area contributed by atoms with E-state index in [4.69, 9.17) is 9.97 Å². The molecule has 5 rings (SSSR count). The Balaban J connectivity index is 1.59. The highest BCUT2D eigenvalue weighted by Gasteiger charge is 2.30. The van der Waals surface area contributed by atoms with Crippen molar-refractivity contribution in [3.63, 3.8) is 0 Å². The lowest BCUT2D eigenvalue weighted by atomic mass is 9.92. The van der Waals surface area contributed by atoms with Crippen molar-refractivity contribution in [1.82, 2.24) is 30.0 Å². The number of fused-ring (bicyclic) bond motifs is 1. The molecule has 1 fully saturated rings. The number of carbonyl (C=O) groups is 1. The highest BCUT2D eigenvalue weighted by molar-refractivity contribution is 5.92. The lowest BCUT2D eigenvalue weighted by Gasteiger charge is -2.37. The van der Waals surface area contributed by atoms with E-state index in [0.29, 0.717) is 12.4 Å². The first-order valence-electron chi connectivity index (χ1n) is 11.3. The number of benzene rings is 1. The number of hydrogen-bond donors (Lipinski definition) is 2. The second-order valence-corrected chi connectivity index (χ2v) is 8.80. The number of aromatic amines is 1. The summed E-state index contributed by atoms with van der Waals surface area (Å²) in [7, 11) is 0. The molecule has 2 N–H and O–H groups in total. The number of hydrogen-bond acceptors (Lipinski definition) is 6. The van der Waals surface area contributed by atoms with Crippen LogP contribution in [-0.4, -0.2) is 48.5 Å². The van der Waals surface area contributed by atoms with E-state index >= 15 is 0 Å². The Kier molecular flexibility index (Phi) is 5.50. The molecule has 1 saturated heterocycles. The molecule has 0 aliphatic carbocycles. The summed E-state index contributed by atoms with van der Waals surface area (Å²) in [5.74, 6) is 1.61. The van der Waals surface area contributed by atoms with Gasteiger partial charge in [0.25, 0.3) is 0 Å². The van der Waals surface area contributed by atoms with Crippen molar-refractivity contribution in [2.24, 2.45) is 0 Å². The van der Waals surface area contributed by atoms with Gasteiger partial charge in [-0.25, -0.2) is 9.97 Å². The summed E-state index contributed by atoms with van der Waals surface area (Å²) in [6, 6.07) is 10.4. The molecule has 2 atom stereocenters. The fourth-order valence-corrected chi connectivity index (χ4v) is 4.55. The SMILES string of the molecule is CC(=O)N1C[C@H](c2nc(Nc3cccc(C)c3)cc(-c3cncc4[nH]ncc34)n2)CC[C@@H]1C. The molecular formula is C25H27N7O. The number of nitrogens with one attached hydrogen (secondary N) is 2. The van der Waals surface area contributed by atoms with Gasteiger partial charge in [0, 0.05) is 54.3 Å². The number of pyridine rings is 1. The molecule has 4 aromatic rings. The molecule has 0 saturated carbocycles. The van der Waals surface area contributed by atoms with E-state index in [-0.39, 0.29) is 17.9 Å². The van der Waals surface area contributed by atoms with Gasteiger partial charge in [0.1, 0.15) is 11.6 Å². The van der Waals surface area contributed by atoms with E-state index in [9.17, 15) is 4.79 Å². The van der Waals surface area contributed by atoms with Crippen LogP contribution in [0.3, 0.4) is 0 Å². The molecule has 33 heavy (non-hydrogen) atoms. The summed E-state index contributed by atoms with van der Waals surface area (Å²) < 4.78 is 0. The van der Waals surface area contributed by atoms with E-state index in [0.717, 1.165) is 46.5 Å². The lowest BCUT2D eigenvalue weighted by molar-refractivity contribution is -0.132. The van der Waals surface area contributed by atoms with Crippen LogP contribution >= 0.6 is 0 Å². The monoisotopic (exact) mass is 441 g/mol. The molecule has 0 spiro atoms.